The first-order valence-electron chi connectivity index (χ1n) is 7.10. The van der Waals surface area contributed by atoms with Crippen LogP contribution in [-0.2, 0) is 6.42 Å². The van der Waals surface area contributed by atoms with Gasteiger partial charge in [-0.1, -0.05) is 29.3 Å². The lowest BCUT2D eigenvalue weighted by molar-refractivity contribution is 0.100. The number of carbonyl (C=O) groups is 1. The van der Waals surface area contributed by atoms with E-state index in [1.165, 1.54) is 24.4 Å². The van der Waals surface area contributed by atoms with Gasteiger partial charge in [0.05, 0.1) is 15.7 Å². The van der Waals surface area contributed by atoms with Crippen molar-refractivity contribution in [2.24, 2.45) is 5.73 Å². The van der Waals surface area contributed by atoms with Crippen LogP contribution in [0.25, 0.3) is 5.69 Å². The maximum Gasteiger partial charge on any atom is 0.254 e. The molecule has 3 aromatic rings. The Hall–Kier alpha value is -2.64. The molecule has 6 nitrogen and oxygen atoms in total. The van der Waals surface area contributed by atoms with E-state index in [4.69, 9.17) is 34.7 Å². The van der Waals surface area contributed by atoms with Gasteiger partial charge in [0.1, 0.15) is 22.9 Å². The van der Waals surface area contributed by atoms with Crippen molar-refractivity contribution in [2.75, 3.05) is 5.73 Å². The van der Waals surface area contributed by atoms with E-state index >= 15 is 0 Å². The lowest BCUT2D eigenvalue weighted by Gasteiger charge is -2.07. The highest BCUT2D eigenvalue weighted by Crippen LogP contribution is 2.29. The first kappa shape index (κ1) is 17.2. The van der Waals surface area contributed by atoms with E-state index < -0.39 is 11.7 Å². The minimum Gasteiger partial charge on any atom is -0.383 e. The highest BCUT2D eigenvalue weighted by molar-refractivity contribution is 6.32. The zero-order chi connectivity index (χ0) is 18.1. The molecule has 0 radical (unpaired) electrons. The maximum atomic E-state index is 14.2. The summed E-state index contributed by atoms with van der Waals surface area (Å²) in [6, 6.07) is 7.49. The smallest absolute Gasteiger partial charge is 0.254 e. The van der Waals surface area contributed by atoms with Crippen LogP contribution in [0.2, 0.25) is 10.0 Å². The molecule has 0 atom stereocenters. The molecule has 1 amide bonds. The van der Waals surface area contributed by atoms with E-state index in [0.717, 1.165) is 4.68 Å². The van der Waals surface area contributed by atoms with Gasteiger partial charge in [0.15, 0.2) is 0 Å². The Morgan fingerprint density at radius 3 is 2.60 bits per heavy atom. The largest absolute Gasteiger partial charge is 0.383 e. The van der Waals surface area contributed by atoms with Crippen molar-refractivity contribution in [1.82, 2.24) is 14.8 Å². The van der Waals surface area contributed by atoms with Gasteiger partial charge in [0.2, 0.25) is 0 Å². The molecule has 0 saturated carbocycles. The van der Waals surface area contributed by atoms with Gasteiger partial charge in [-0.3, -0.25) is 9.78 Å². The van der Waals surface area contributed by atoms with Crippen molar-refractivity contribution in [3.05, 3.63) is 69.3 Å². The van der Waals surface area contributed by atoms with Crippen LogP contribution in [0.3, 0.4) is 0 Å². The van der Waals surface area contributed by atoms with E-state index in [-0.39, 0.29) is 34.2 Å². The zero-order valence-electron chi connectivity index (χ0n) is 12.7. The number of hydrogen-bond donors (Lipinski definition) is 2. The Balaban J connectivity index is 2.13. The minimum absolute atomic E-state index is 0.00364. The third kappa shape index (κ3) is 3.29. The van der Waals surface area contributed by atoms with Crippen LogP contribution in [0.1, 0.15) is 21.7 Å². The van der Waals surface area contributed by atoms with E-state index in [0.29, 0.717) is 10.7 Å². The molecule has 0 aliphatic heterocycles. The molecule has 0 aliphatic carbocycles. The first-order chi connectivity index (χ1) is 11.9. The molecule has 9 heteroatoms. The van der Waals surface area contributed by atoms with Crippen LogP contribution in [-0.4, -0.2) is 20.7 Å². The minimum atomic E-state index is -0.778. The molecule has 0 bridgehead atoms. The summed E-state index contributed by atoms with van der Waals surface area (Å²) in [5.41, 5.74) is 12.2. The molecule has 0 saturated heterocycles. The number of nitrogens with zero attached hydrogens (tertiary/aromatic N) is 3. The van der Waals surface area contributed by atoms with Gasteiger partial charge in [0.25, 0.3) is 5.91 Å². The monoisotopic (exact) mass is 379 g/mol. The van der Waals surface area contributed by atoms with Crippen LogP contribution < -0.4 is 11.5 Å². The second-order valence-electron chi connectivity index (χ2n) is 5.20. The van der Waals surface area contributed by atoms with Gasteiger partial charge in [-0.15, -0.1) is 0 Å². The molecule has 128 valence electrons. The Morgan fingerprint density at radius 2 is 2.00 bits per heavy atom. The summed E-state index contributed by atoms with van der Waals surface area (Å²) in [5.74, 6) is -1.50. The molecular weight excluding hydrogens is 368 g/mol. The summed E-state index contributed by atoms with van der Waals surface area (Å²) in [7, 11) is 0. The number of pyridine rings is 1. The SMILES string of the molecule is NC(=O)c1c(Cc2ccc(Cl)cn2)nn(-c2c(F)cccc2Cl)c1N. The number of rotatable bonds is 4. The number of nitrogens with two attached hydrogens (primary N) is 2. The Bertz CT molecular complexity index is 936. The van der Waals surface area contributed by atoms with Gasteiger partial charge >= 0.3 is 0 Å². The summed E-state index contributed by atoms with van der Waals surface area (Å²) >= 11 is 11.9. The number of hydrogen-bond acceptors (Lipinski definition) is 4. The maximum absolute atomic E-state index is 14.2. The van der Waals surface area contributed by atoms with Crippen LogP contribution in [0.15, 0.2) is 36.5 Å². The Labute approximate surface area is 152 Å². The number of primary amides is 1. The summed E-state index contributed by atoms with van der Waals surface area (Å²) < 4.78 is 15.3. The number of anilines is 1. The topological polar surface area (TPSA) is 99.8 Å². The Morgan fingerprint density at radius 1 is 1.24 bits per heavy atom. The number of aromatic nitrogens is 3. The van der Waals surface area contributed by atoms with Gasteiger partial charge < -0.3 is 11.5 Å². The molecule has 0 fully saturated rings. The molecule has 3 rings (SSSR count). The summed E-state index contributed by atoms with van der Waals surface area (Å²) in [6.45, 7) is 0. The van der Waals surface area contributed by atoms with E-state index in [1.54, 1.807) is 12.1 Å². The quantitative estimate of drug-likeness (QED) is 0.727. The standard InChI is InChI=1S/C16H12Cl2FN5O/c17-8-4-5-9(22-7-8)6-12-13(16(21)25)15(20)24(23-12)14-10(18)2-1-3-11(14)19/h1-5,7H,6,20H2,(H2,21,25). The normalized spacial score (nSPS) is 10.8. The van der Waals surface area contributed by atoms with Crippen molar-refractivity contribution in [3.63, 3.8) is 0 Å². The van der Waals surface area contributed by atoms with Crippen LogP contribution in [0.4, 0.5) is 10.2 Å². The fraction of sp³-hybridized carbons (Fsp3) is 0.0625. The average Bonchev–Trinajstić information content (AvgIpc) is 2.86. The van der Waals surface area contributed by atoms with Gasteiger partial charge in [-0.05, 0) is 24.3 Å². The molecule has 25 heavy (non-hydrogen) atoms. The predicted molar refractivity (Wildman–Crippen MR) is 93.5 cm³/mol. The Kier molecular flexibility index (Phi) is 4.61. The molecule has 0 unspecified atom stereocenters. The van der Waals surface area contributed by atoms with Crippen molar-refractivity contribution in [1.29, 1.82) is 0 Å². The van der Waals surface area contributed by atoms with Crippen molar-refractivity contribution < 1.29 is 9.18 Å². The highest BCUT2D eigenvalue weighted by Gasteiger charge is 2.24. The fourth-order valence-electron chi connectivity index (χ4n) is 2.41. The van der Waals surface area contributed by atoms with E-state index in [1.807, 2.05) is 0 Å². The molecular formula is C16H12Cl2FN5O. The van der Waals surface area contributed by atoms with Crippen molar-refractivity contribution >= 4 is 34.9 Å². The molecule has 4 N–H and O–H groups in total. The molecule has 0 aliphatic rings. The van der Waals surface area contributed by atoms with Crippen molar-refractivity contribution in [3.8, 4) is 5.69 Å². The van der Waals surface area contributed by atoms with Crippen LogP contribution in [0.5, 0.6) is 0 Å². The van der Waals surface area contributed by atoms with Crippen LogP contribution in [0, 0.1) is 5.82 Å². The number of amides is 1. The third-order valence-corrected chi connectivity index (χ3v) is 4.06. The molecule has 2 heterocycles. The second kappa shape index (κ2) is 6.70. The summed E-state index contributed by atoms with van der Waals surface area (Å²) in [6.07, 6.45) is 1.63. The van der Waals surface area contributed by atoms with E-state index in [2.05, 4.69) is 10.1 Å². The third-order valence-electron chi connectivity index (χ3n) is 3.53. The van der Waals surface area contributed by atoms with Gasteiger partial charge in [-0.2, -0.15) is 5.10 Å². The predicted octanol–water partition coefficient (Wildman–Crippen LogP) is 2.99. The van der Waals surface area contributed by atoms with Gasteiger partial charge in [0, 0.05) is 18.3 Å². The zero-order valence-corrected chi connectivity index (χ0v) is 14.2. The molecule has 0 spiro atoms. The second-order valence-corrected chi connectivity index (χ2v) is 6.04. The number of para-hydroxylation sites is 1. The van der Waals surface area contributed by atoms with E-state index in [9.17, 15) is 9.18 Å². The van der Waals surface area contributed by atoms with Gasteiger partial charge in [-0.25, -0.2) is 9.07 Å². The lowest BCUT2D eigenvalue weighted by Crippen LogP contribution is -2.15. The summed E-state index contributed by atoms with van der Waals surface area (Å²) in [4.78, 5) is 16.0. The van der Waals surface area contributed by atoms with Crippen molar-refractivity contribution in [2.45, 2.75) is 6.42 Å². The fourth-order valence-corrected chi connectivity index (χ4v) is 2.77. The number of halogens is 3. The molecule has 2 aromatic heterocycles. The first-order valence-corrected chi connectivity index (χ1v) is 7.86. The summed E-state index contributed by atoms with van der Waals surface area (Å²) in [5, 5.41) is 4.81. The lowest BCUT2D eigenvalue weighted by atomic mass is 10.1. The number of carbonyl (C=O) groups excluding carboxylic acids is 1. The van der Waals surface area contributed by atoms with Crippen LogP contribution >= 0.6 is 23.2 Å². The number of benzene rings is 1. The molecule has 1 aromatic carbocycles. The number of nitrogen functional groups attached to an aromatic ring is 1. The average molecular weight is 380 g/mol. The highest BCUT2D eigenvalue weighted by atomic mass is 35.5.